The van der Waals surface area contributed by atoms with E-state index in [2.05, 4.69) is 11.9 Å². The summed E-state index contributed by atoms with van der Waals surface area (Å²) in [5, 5.41) is 3.97. The standard InChI is InChI=1S/C28H31F3N4OS/c1-18(26-33-24-10-5-4-9-23(24)27(34-26)35(2)3)21-13-11-19(12-14-21)17-32-25(36)16-20-7-6-8-22(15-20)37-28(29,30)31/h4-10,15,19,21H,1,11-14,16-17H2,2-3H3,(H,32,36)/t19-,21+. The number of nitrogens with one attached hydrogen (secondary N) is 1. The molecule has 5 nitrogen and oxygen atoms in total. The van der Waals surface area contributed by atoms with Gasteiger partial charge >= 0.3 is 5.51 Å². The number of halogens is 3. The summed E-state index contributed by atoms with van der Waals surface area (Å²) in [5.74, 6) is 2.03. The molecule has 2 aromatic carbocycles. The predicted molar refractivity (Wildman–Crippen MR) is 143 cm³/mol. The quantitative estimate of drug-likeness (QED) is 0.339. The number of anilines is 1. The first-order valence-corrected chi connectivity index (χ1v) is 13.2. The molecule has 1 saturated carbocycles. The summed E-state index contributed by atoms with van der Waals surface area (Å²) in [6, 6.07) is 14.0. The van der Waals surface area contributed by atoms with E-state index in [1.54, 1.807) is 12.1 Å². The minimum Gasteiger partial charge on any atom is -0.362 e. The van der Waals surface area contributed by atoms with E-state index in [1.165, 1.54) is 12.1 Å². The van der Waals surface area contributed by atoms with Crippen molar-refractivity contribution >= 4 is 40.0 Å². The Morgan fingerprint density at radius 1 is 1.08 bits per heavy atom. The zero-order valence-electron chi connectivity index (χ0n) is 21.0. The van der Waals surface area contributed by atoms with E-state index in [0.717, 1.165) is 48.0 Å². The SMILES string of the molecule is C=C(c1nc(N(C)C)c2ccccc2n1)[C@H]1CC[C@@H](CNC(=O)Cc2cccc(SC(F)(F)F)c2)CC1. The molecule has 1 aliphatic carbocycles. The number of alkyl halides is 3. The molecule has 0 saturated heterocycles. The number of hydrogen-bond donors (Lipinski definition) is 1. The van der Waals surface area contributed by atoms with Gasteiger partial charge in [-0.25, -0.2) is 9.97 Å². The van der Waals surface area contributed by atoms with E-state index in [4.69, 9.17) is 9.97 Å². The molecule has 3 aromatic rings. The molecule has 1 heterocycles. The van der Waals surface area contributed by atoms with E-state index in [0.29, 0.717) is 23.9 Å². The van der Waals surface area contributed by atoms with Crippen LogP contribution in [0.5, 0.6) is 0 Å². The van der Waals surface area contributed by atoms with Crippen molar-refractivity contribution in [1.29, 1.82) is 0 Å². The largest absolute Gasteiger partial charge is 0.446 e. The van der Waals surface area contributed by atoms with Gasteiger partial charge in [0.15, 0.2) is 5.82 Å². The minimum absolute atomic E-state index is 0.0614. The summed E-state index contributed by atoms with van der Waals surface area (Å²) in [6.45, 7) is 4.91. The number of amides is 1. The van der Waals surface area contributed by atoms with Crippen molar-refractivity contribution in [3.8, 4) is 0 Å². The van der Waals surface area contributed by atoms with Crippen molar-refractivity contribution in [2.45, 2.75) is 42.5 Å². The molecular formula is C28H31F3N4OS. The normalized spacial score (nSPS) is 18.0. The van der Waals surface area contributed by atoms with Crippen LogP contribution in [0.3, 0.4) is 0 Å². The van der Waals surface area contributed by atoms with Crippen molar-refractivity contribution in [2.75, 3.05) is 25.5 Å². The van der Waals surface area contributed by atoms with Gasteiger partial charge in [-0.2, -0.15) is 13.2 Å². The van der Waals surface area contributed by atoms with Crippen LogP contribution in [0.25, 0.3) is 16.5 Å². The highest BCUT2D eigenvalue weighted by Crippen LogP contribution is 2.38. The van der Waals surface area contributed by atoms with E-state index >= 15 is 0 Å². The monoisotopic (exact) mass is 528 g/mol. The number of fused-ring (bicyclic) bond motifs is 1. The molecule has 37 heavy (non-hydrogen) atoms. The molecule has 1 N–H and O–H groups in total. The summed E-state index contributed by atoms with van der Waals surface area (Å²) in [6.07, 6.45) is 3.87. The first kappa shape index (κ1) is 27.0. The van der Waals surface area contributed by atoms with Crippen LogP contribution >= 0.6 is 11.8 Å². The smallest absolute Gasteiger partial charge is 0.362 e. The fourth-order valence-corrected chi connectivity index (χ4v) is 5.42. The molecule has 1 amide bonds. The van der Waals surface area contributed by atoms with Crippen molar-refractivity contribution in [1.82, 2.24) is 15.3 Å². The van der Waals surface area contributed by atoms with Gasteiger partial charge in [0, 0.05) is 30.9 Å². The molecule has 0 aliphatic heterocycles. The van der Waals surface area contributed by atoms with E-state index in [1.807, 2.05) is 43.3 Å². The molecule has 0 spiro atoms. The van der Waals surface area contributed by atoms with Gasteiger partial charge in [-0.05, 0) is 84.7 Å². The molecule has 196 valence electrons. The molecule has 1 aliphatic rings. The highest BCUT2D eigenvalue weighted by Gasteiger charge is 2.29. The fourth-order valence-electron chi connectivity index (χ4n) is 4.80. The Bertz CT molecular complexity index is 1270. The van der Waals surface area contributed by atoms with Gasteiger partial charge in [0.1, 0.15) is 5.82 Å². The van der Waals surface area contributed by atoms with Gasteiger partial charge in [-0.15, -0.1) is 0 Å². The van der Waals surface area contributed by atoms with Crippen LogP contribution in [-0.2, 0) is 11.2 Å². The summed E-state index contributed by atoms with van der Waals surface area (Å²) in [7, 11) is 3.94. The number of carbonyl (C=O) groups is 1. The Kier molecular flexibility index (Phi) is 8.42. The lowest BCUT2D eigenvalue weighted by Crippen LogP contribution is -2.32. The molecular weight excluding hydrogens is 497 g/mol. The maximum atomic E-state index is 12.6. The Morgan fingerprint density at radius 3 is 2.51 bits per heavy atom. The van der Waals surface area contributed by atoms with Gasteiger partial charge in [-0.1, -0.05) is 30.8 Å². The first-order valence-electron chi connectivity index (χ1n) is 12.3. The van der Waals surface area contributed by atoms with Crippen LogP contribution in [-0.4, -0.2) is 42.0 Å². The number of nitrogens with zero attached hydrogens (tertiary/aromatic N) is 3. The molecule has 4 rings (SSSR count). The van der Waals surface area contributed by atoms with Crippen LogP contribution in [0.4, 0.5) is 19.0 Å². The van der Waals surface area contributed by atoms with Crippen LogP contribution in [0.15, 0.2) is 60.0 Å². The maximum absolute atomic E-state index is 12.6. The maximum Gasteiger partial charge on any atom is 0.446 e. The summed E-state index contributed by atoms with van der Waals surface area (Å²) >= 11 is -0.169. The Morgan fingerprint density at radius 2 is 1.81 bits per heavy atom. The van der Waals surface area contributed by atoms with Crippen LogP contribution in [0, 0.1) is 11.8 Å². The third-order valence-electron chi connectivity index (χ3n) is 6.72. The number of carbonyl (C=O) groups excluding carboxylic acids is 1. The molecule has 9 heteroatoms. The summed E-state index contributed by atoms with van der Waals surface area (Å²) in [5.41, 5.74) is -1.93. The third-order valence-corrected chi connectivity index (χ3v) is 7.44. The number of aromatic nitrogens is 2. The number of rotatable bonds is 8. The van der Waals surface area contributed by atoms with E-state index in [9.17, 15) is 18.0 Å². The average Bonchev–Trinajstić information content (AvgIpc) is 2.86. The topological polar surface area (TPSA) is 58.1 Å². The second-order valence-electron chi connectivity index (χ2n) is 9.70. The van der Waals surface area contributed by atoms with Gasteiger partial charge in [0.25, 0.3) is 0 Å². The number of thioether (sulfide) groups is 1. The highest BCUT2D eigenvalue weighted by atomic mass is 32.2. The zero-order chi connectivity index (χ0) is 26.6. The predicted octanol–water partition coefficient (Wildman–Crippen LogP) is 6.49. The van der Waals surface area contributed by atoms with Gasteiger partial charge in [-0.3, -0.25) is 4.79 Å². The summed E-state index contributed by atoms with van der Waals surface area (Å²) < 4.78 is 37.9. The van der Waals surface area contributed by atoms with Crippen molar-refractivity contribution in [2.24, 2.45) is 11.8 Å². The lowest BCUT2D eigenvalue weighted by atomic mass is 9.78. The number of allylic oxidation sites excluding steroid dienone is 1. The molecule has 0 unspecified atom stereocenters. The number of hydrogen-bond acceptors (Lipinski definition) is 5. The Hall–Kier alpha value is -3.07. The van der Waals surface area contributed by atoms with Crippen LogP contribution in [0.1, 0.15) is 37.1 Å². The lowest BCUT2D eigenvalue weighted by molar-refractivity contribution is -0.120. The van der Waals surface area contributed by atoms with Crippen molar-refractivity contribution in [3.63, 3.8) is 0 Å². The van der Waals surface area contributed by atoms with Crippen molar-refractivity contribution in [3.05, 3.63) is 66.5 Å². The number of benzene rings is 2. The molecule has 0 bridgehead atoms. The lowest BCUT2D eigenvalue weighted by Gasteiger charge is -2.29. The fraction of sp³-hybridized carbons (Fsp3) is 0.393. The Labute approximate surface area is 219 Å². The van der Waals surface area contributed by atoms with Crippen molar-refractivity contribution < 1.29 is 18.0 Å². The number of para-hydroxylation sites is 1. The minimum atomic E-state index is -4.35. The van der Waals surface area contributed by atoms with Gasteiger partial charge in [0.05, 0.1) is 11.9 Å². The molecule has 0 radical (unpaired) electrons. The second-order valence-corrected chi connectivity index (χ2v) is 10.8. The molecule has 1 aromatic heterocycles. The first-order chi connectivity index (χ1) is 17.6. The highest BCUT2D eigenvalue weighted by molar-refractivity contribution is 8.00. The van der Waals surface area contributed by atoms with Gasteiger partial charge < -0.3 is 10.2 Å². The molecule has 0 atom stereocenters. The zero-order valence-corrected chi connectivity index (χ0v) is 21.8. The van der Waals surface area contributed by atoms with E-state index < -0.39 is 5.51 Å². The second kappa shape index (κ2) is 11.5. The third kappa shape index (κ3) is 7.25. The van der Waals surface area contributed by atoms with E-state index in [-0.39, 0.29) is 34.9 Å². The van der Waals surface area contributed by atoms with Crippen LogP contribution in [0.2, 0.25) is 0 Å². The Balaban J connectivity index is 1.29. The average molecular weight is 529 g/mol. The van der Waals surface area contributed by atoms with Crippen LogP contribution < -0.4 is 10.2 Å². The molecule has 1 fully saturated rings. The summed E-state index contributed by atoms with van der Waals surface area (Å²) in [4.78, 5) is 24.1. The van der Waals surface area contributed by atoms with Gasteiger partial charge in [0.2, 0.25) is 5.91 Å².